The number of rotatable bonds is 4. The van der Waals surface area contributed by atoms with Crippen molar-refractivity contribution in [3.63, 3.8) is 0 Å². The molecular weight excluding hydrogens is 441 g/mol. The van der Waals surface area contributed by atoms with Crippen LogP contribution in [0, 0.1) is 5.82 Å². The molecule has 1 aliphatic carbocycles. The maximum atomic E-state index is 14.6. The predicted molar refractivity (Wildman–Crippen MR) is 123 cm³/mol. The second-order valence-corrected chi connectivity index (χ2v) is 9.77. The van der Waals surface area contributed by atoms with Gasteiger partial charge in [0.05, 0.1) is 12.1 Å². The van der Waals surface area contributed by atoms with Crippen LogP contribution in [0.15, 0.2) is 36.1 Å². The number of ether oxygens (including phenoxy) is 1. The lowest BCUT2D eigenvalue weighted by molar-refractivity contribution is -0.0125. The number of aliphatic hydroxyl groups excluding tert-OH is 1. The molecule has 7 rings (SSSR count). The zero-order valence-electron chi connectivity index (χ0n) is 17.8. The van der Waals surface area contributed by atoms with Crippen molar-refractivity contribution in [2.75, 3.05) is 11.9 Å². The van der Waals surface area contributed by atoms with Crippen LogP contribution in [0.3, 0.4) is 0 Å². The molecule has 7 nitrogen and oxygen atoms in total. The first-order valence-electron chi connectivity index (χ1n) is 11.2. The molecule has 4 aromatic rings. The van der Waals surface area contributed by atoms with Gasteiger partial charge in [0.2, 0.25) is 5.95 Å². The largest absolute Gasteiger partial charge is 0.493 e. The standard InChI is InChI=1S/C24H22FN5O2S/c25-18-3-4-19-15(5-7-32-19)16(18)9-26-24-27-10-17-21-20(28-12-30(21)24)23(31)29(14-1-2-14)11-13-6-8-33-22(13)17/h3-4,6,8,10,12,14,23,31H,1-2,5,7,9,11H2,(H,26,27). The average Bonchev–Trinajstić information content (AvgIpc) is 3.21. The Morgan fingerprint density at radius 2 is 2.15 bits per heavy atom. The number of thiophene rings is 1. The number of aliphatic hydroxyl groups is 1. The van der Waals surface area contributed by atoms with Gasteiger partial charge >= 0.3 is 0 Å². The molecule has 0 bridgehead atoms. The van der Waals surface area contributed by atoms with Crippen molar-refractivity contribution in [3.05, 3.63) is 64.3 Å². The van der Waals surface area contributed by atoms with Crippen molar-refractivity contribution in [1.82, 2.24) is 19.3 Å². The summed E-state index contributed by atoms with van der Waals surface area (Å²) < 4.78 is 22.1. The minimum absolute atomic E-state index is 0.251. The van der Waals surface area contributed by atoms with E-state index in [4.69, 9.17) is 4.74 Å². The van der Waals surface area contributed by atoms with Crippen molar-refractivity contribution in [1.29, 1.82) is 0 Å². The fourth-order valence-corrected chi connectivity index (χ4v) is 6.00. The number of hydrogen-bond acceptors (Lipinski definition) is 7. The van der Waals surface area contributed by atoms with Gasteiger partial charge in [-0.15, -0.1) is 11.3 Å². The van der Waals surface area contributed by atoms with E-state index in [0.29, 0.717) is 42.8 Å². The SMILES string of the molecule is OC1c2ncn3c(NCc4c(F)ccc5c4CCO5)ncc(c23)-c2sccc2CN1C1CC1. The van der Waals surface area contributed by atoms with Crippen molar-refractivity contribution >= 4 is 22.8 Å². The van der Waals surface area contributed by atoms with Crippen molar-refractivity contribution < 1.29 is 14.2 Å². The van der Waals surface area contributed by atoms with Crippen LogP contribution in [0.2, 0.25) is 0 Å². The molecular formula is C24H22FN5O2S. The minimum atomic E-state index is -0.781. The van der Waals surface area contributed by atoms with Gasteiger partial charge in [0.15, 0.2) is 6.23 Å². The molecule has 9 heteroatoms. The first-order chi connectivity index (χ1) is 16.2. The molecule has 2 N–H and O–H groups in total. The number of hydrogen-bond donors (Lipinski definition) is 2. The molecule has 33 heavy (non-hydrogen) atoms. The average molecular weight is 464 g/mol. The van der Waals surface area contributed by atoms with E-state index >= 15 is 0 Å². The van der Waals surface area contributed by atoms with E-state index in [0.717, 1.165) is 40.1 Å². The lowest BCUT2D eigenvalue weighted by Crippen LogP contribution is -2.31. The molecule has 0 saturated heterocycles. The van der Waals surface area contributed by atoms with E-state index in [1.54, 1.807) is 23.7 Å². The molecule has 2 aliphatic heterocycles. The van der Waals surface area contributed by atoms with Gasteiger partial charge in [-0.2, -0.15) is 0 Å². The Labute approximate surface area is 193 Å². The first kappa shape index (κ1) is 19.5. The second kappa shape index (κ2) is 7.24. The highest BCUT2D eigenvalue weighted by molar-refractivity contribution is 7.13. The third-order valence-electron chi connectivity index (χ3n) is 6.88. The van der Waals surface area contributed by atoms with Crippen LogP contribution >= 0.6 is 11.3 Å². The van der Waals surface area contributed by atoms with E-state index < -0.39 is 6.23 Å². The van der Waals surface area contributed by atoms with Crippen LogP contribution in [0.25, 0.3) is 16.0 Å². The number of anilines is 1. The normalized spacial score (nSPS) is 19.6. The fourth-order valence-electron chi connectivity index (χ4n) is 5.07. The third-order valence-corrected chi connectivity index (χ3v) is 7.87. The Morgan fingerprint density at radius 1 is 1.24 bits per heavy atom. The molecule has 5 heterocycles. The van der Waals surface area contributed by atoms with Crippen molar-refractivity contribution in [2.45, 2.75) is 44.6 Å². The summed E-state index contributed by atoms with van der Waals surface area (Å²) in [6, 6.07) is 5.66. The van der Waals surface area contributed by atoms with E-state index in [9.17, 15) is 9.50 Å². The van der Waals surface area contributed by atoms with Crippen molar-refractivity contribution in [2.24, 2.45) is 0 Å². The van der Waals surface area contributed by atoms with Crippen LogP contribution in [-0.4, -0.2) is 37.0 Å². The van der Waals surface area contributed by atoms with E-state index in [2.05, 4.69) is 31.6 Å². The maximum absolute atomic E-state index is 14.6. The van der Waals surface area contributed by atoms with Crippen LogP contribution < -0.4 is 10.1 Å². The number of nitrogens with one attached hydrogen (secondary N) is 1. The summed E-state index contributed by atoms with van der Waals surface area (Å²) in [5, 5.41) is 16.7. The summed E-state index contributed by atoms with van der Waals surface area (Å²) >= 11 is 1.68. The Balaban J connectivity index is 1.32. The quantitative estimate of drug-likeness (QED) is 0.475. The van der Waals surface area contributed by atoms with Crippen LogP contribution in [0.4, 0.5) is 10.3 Å². The molecule has 1 unspecified atom stereocenters. The second-order valence-electron chi connectivity index (χ2n) is 8.85. The Morgan fingerprint density at radius 3 is 3.03 bits per heavy atom. The minimum Gasteiger partial charge on any atom is -0.493 e. The van der Waals surface area contributed by atoms with Crippen LogP contribution in [-0.2, 0) is 19.5 Å². The first-order valence-corrected chi connectivity index (χ1v) is 12.1. The van der Waals surface area contributed by atoms with E-state index in [-0.39, 0.29) is 12.4 Å². The number of fused-ring (bicyclic) bond motifs is 3. The Kier molecular flexibility index (Phi) is 4.27. The van der Waals surface area contributed by atoms with Gasteiger partial charge in [0, 0.05) is 53.3 Å². The van der Waals surface area contributed by atoms with Crippen LogP contribution in [0.5, 0.6) is 5.75 Å². The lowest BCUT2D eigenvalue weighted by Gasteiger charge is -2.29. The number of halogens is 1. The lowest BCUT2D eigenvalue weighted by atomic mass is 10.0. The van der Waals surface area contributed by atoms with Gasteiger partial charge in [-0.3, -0.25) is 9.30 Å². The Bertz CT molecular complexity index is 1400. The van der Waals surface area contributed by atoms with Gasteiger partial charge in [0.1, 0.15) is 23.6 Å². The van der Waals surface area contributed by atoms with Gasteiger partial charge < -0.3 is 15.2 Å². The smallest absolute Gasteiger partial charge is 0.208 e. The summed E-state index contributed by atoms with van der Waals surface area (Å²) in [5.74, 6) is 1.06. The highest BCUT2D eigenvalue weighted by atomic mass is 32.1. The maximum Gasteiger partial charge on any atom is 0.208 e. The molecule has 1 aromatic carbocycles. The molecule has 0 amide bonds. The van der Waals surface area contributed by atoms with Gasteiger partial charge in [-0.05, 0) is 42.0 Å². The number of imidazole rings is 1. The van der Waals surface area contributed by atoms with Gasteiger partial charge in [-0.1, -0.05) is 0 Å². The molecule has 168 valence electrons. The number of benzene rings is 1. The molecule has 0 radical (unpaired) electrons. The molecule has 1 atom stereocenters. The summed E-state index contributed by atoms with van der Waals surface area (Å²) in [6.45, 7) is 1.56. The molecule has 1 saturated carbocycles. The van der Waals surface area contributed by atoms with E-state index in [1.165, 1.54) is 11.6 Å². The van der Waals surface area contributed by atoms with Crippen LogP contribution in [0.1, 0.15) is 41.5 Å². The molecule has 1 fully saturated rings. The number of aromatic nitrogens is 3. The van der Waals surface area contributed by atoms with Gasteiger partial charge in [-0.25, -0.2) is 14.4 Å². The highest BCUT2D eigenvalue weighted by Gasteiger charge is 2.38. The molecule has 3 aliphatic rings. The molecule has 3 aromatic heterocycles. The summed E-state index contributed by atoms with van der Waals surface area (Å²) in [6.07, 6.45) is 5.65. The van der Waals surface area contributed by atoms with E-state index in [1.807, 2.05) is 10.6 Å². The topological polar surface area (TPSA) is 74.9 Å². The summed E-state index contributed by atoms with van der Waals surface area (Å²) in [5.41, 5.74) is 5.16. The summed E-state index contributed by atoms with van der Waals surface area (Å²) in [7, 11) is 0. The van der Waals surface area contributed by atoms with Crippen molar-refractivity contribution in [3.8, 4) is 16.2 Å². The highest BCUT2D eigenvalue weighted by Crippen LogP contribution is 2.43. The Hall–Kier alpha value is -3.01. The number of nitrogens with zero attached hydrogens (tertiary/aromatic N) is 4. The zero-order valence-corrected chi connectivity index (χ0v) is 18.6. The monoisotopic (exact) mass is 463 g/mol. The molecule has 0 spiro atoms. The fraction of sp³-hybridized carbons (Fsp3) is 0.333. The third kappa shape index (κ3) is 2.99. The zero-order chi connectivity index (χ0) is 22.1. The summed E-state index contributed by atoms with van der Waals surface area (Å²) in [4.78, 5) is 12.6. The predicted octanol–water partition coefficient (Wildman–Crippen LogP) is 4.11. The van der Waals surface area contributed by atoms with Gasteiger partial charge in [0.25, 0.3) is 0 Å².